The maximum absolute atomic E-state index is 11.7. The van der Waals surface area contributed by atoms with Crippen molar-refractivity contribution in [1.29, 1.82) is 0 Å². The van der Waals surface area contributed by atoms with E-state index in [9.17, 15) is 4.79 Å². The third-order valence-corrected chi connectivity index (χ3v) is 3.47. The van der Waals surface area contributed by atoms with Gasteiger partial charge in [-0.1, -0.05) is 12.1 Å². The van der Waals surface area contributed by atoms with Crippen LogP contribution in [0.5, 0.6) is 0 Å². The fourth-order valence-corrected chi connectivity index (χ4v) is 2.19. The molecule has 1 unspecified atom stereocenters. The van der Waals surface area contributed by atoms with Crippen LogP contribution in [0.1, 0.15) is 30.8 Å². The van der Waals surface area contributed by atoms with Gasteiger partial charge in [0.25, 0.3) is 0 Å². The lowest BCUT2D eigenvalue weighted by Crippen LogP contribution is -2.37. The van der Waals surface area contributed by atoms with Gasteiger partial charge >= 0.3 is 6.03 Å². The topological polar surface area (TPSA) is 79.2 Å². The van der Waals surface area contributed by atoms with E-state index in [1.165, 1.54) is 0 Å². The zero-order valence-corrected chi connectivity index (χ0v) is 12.9. The predicted octanol–water partition coefficient (Wildman–Crippen LogP) is 1.92. The second-order valence-electron chi connectivity index (χ2n) is 5.14. The number of aromatic nitrogens is 2. The molecule has 3 N–H and O–H groups in total. The van der Waals surface area contributed by atoms with Gasteiger partial charge < -0.3 is 20.3 Å². The summed E-state index contributed by atoms with van der Waals surface area (Å²) in [7, 11) is 0. The largest absolute Gasteiger partial charge is 0.396 e. The van der Waals surface area contributed by atoms with E-state index in [2.05, 4.69) is 15.6 Å². The lowest BCUT2D eigenvalue weighted by molar-refractivity contribution is 0.235. The zero-order chi connectivity index (χ0) is 15.9. The van der Waals surface area contributed by atoms with Crippen molar-refractivity contribution in [2.45, 2.75) is 26.3 Å². The van der Waals surface area contributed by atoms with E-state index in [0.29, 0.717) is 13.0 Å². The number of hydrogen-bond acceptors (Lipinski definition) is 3. The molecule has 1 heterocycles. The van der Waals surface area contributed by atoms with Crippen molar-refractivity contribution in [3.8, 4) is 5.69 Å². The number of amides is 2. The molecule has 118 valence electrons. The summed E-state index contributed by atoms with van der Waals surface area (Å²) in [6.07, 6.45) is 4.24. The molecule has 22 heavy (non-hydrogen) atoms. The molecule has 2 aromatic rings. The number of aliphatic hydroxyl groups is 1. The summed E-state index contributed by atoms with van der Waals surface area (Å²) >= 11 is 0. The molecular weight excluding hydrogens is 280 g/mol. The highest BCUT2D eigenvalue weighted by Gasteiger charge is 2.09. The maximum Gasteiger partial charge on any atom is 0.315 e. The number of nitrogens with zero attached hydrogens (tertiary/aromatic N) is 2. The molecule has 6 nitrogen and oxygen atoms in total. The molecule has 0 aliphatic rings. The molecule has 2 rings (SSSR count). The smallest absolute Gasteiger partial charge is 0.315 e. The van der Waals surface area contributed by atoms with Gasteiger partial charge in [0.05, 0.1) is 6.04 Å². The Hall–Kier alpha value is -2.34. The van der Waals surface area contributed by atoms with Crippen LogP contribution < -0.4 is 10.6 Å². The average Bonchev–Trinajstić information content (AvgIpc) is 2.94. The van der Waals surface area contributed by atoms with E-state index in [-0.39, 0.29) is 18.7 Å². The molecule has 0 fully saturated rings. The molecule has 0 aliphatic carbocycles. The Bertz CT molecular complexity index is 607. The molecule has 6 heteroatoms. The van der Waals surface area contributed by atoms with Gasteiger partial charge in [-0.3, -0.25) is 0 Å². The first-order chi connectivity index (χ1) is 10.6. The number of nitrogens with one attached hydrogen (secondary N) is 2. The highest BCUT2D eigenvalue weighted by Crippen LogP contribution is 2.16. The summed E-state index contributed by atoms with van der Waals surface area (Å²) in [4.78, 5) is 15.9. The number of rotatable bonds is 6. The van der Waals surface area contributed by atoms with Crippen LogP contribution in [0.3, 0.4) is 0 Å². The second-order valence-corrected chi connectivity index (χ2v) is 5.14. The van der Waals surface area contributed by atoms with E-state index in [1.807, 2.05) is 48.9 Å². The number of hydrogen-bond donors (Lipinski definition) is 3. The van der Waals surface area contributed by atoms with Crippen LogP contribution in [0.15, 0.2) is 36.7 Å². The average molecular weight is 302 g/mol. The summed E-state index contributed by atoms with van der Waals surface area (Å²) in [5.41, 5.74) is 2.07. The first-order valence-electron chi connectivity index (χ1n) is 7.37. The molecule has 1 aromatic carbocycles. The molecule has 1 atom stereocenters. The van der Waals surface area contributed by atoms with Gasteiger partial charge in [-0.05, 0) is 38.0 Å². The van der Waals surface area contributed by atoms with E-state index < -0.39 is 0 Å². The van der Waals surface area contributed by atoms with Crippen LogP contribution in [-0.4, -0.2) is 33.8 Å². The van der Waals surface area contributed by atoms with Crippen molar-refractivity contribution in [2.24, 2.45) is 0 Å². The highest BCUT2D eigenvalue weighted by molar-refractivity contribution is 5.74. The first-order valence-corrected chi connectivity index (χ1v) is 7.37. The Kier molecular flexibility index (Phi) is 5.55. The van der Waals surface area contributed by atoms with Crippen molar-refractivity contribution < 1.29 is 9.90 Å². The third-order valence-electron chi connectivity index (χ3n) is 3.47. The summed E-state index contributed by atoms with van der Waals surface area (Å²) < 4.78 is 2.00. The minimum Gasteiger partial charge on any atom is -0.396 e. The van der Waals surface area contributed by atoms with Crippen molar-refractivity contribution in [3.63, 3.8) is 0 Å². The fourth-order valence-electron chi connectivity index (χ4n) is 2.19. The molecule has 1 aromatic heterocycles. The van der Waals surface area contributed by atoms with Gasteiger partial charge in [0.15, 0.2) is 0 Å². The molecule has 0 saturated carbocycles. The molecular formula is C16H22N4O2. The molecule has 0 spiro atoms. The van der Waals surface area contributed by atoms with Gasteiger partial charge in [-0.2, -0.15) is 0 Å². The minimum atomic E-state index is -0.226. The number of aryl methyl sites for hydroxylation is 1. The SMILES string of the molecule is Cc1nccn1-c1ccc(C(C)NC(=O)NCCCO)cc1. The molecule has 2 amide bonds. The normalized spacial score (nSPS) is 12.0. The van der Waals surface area contributed by atoms with Crippen LogP contribution in [0.4, 0.5) is 4.79 Å². The molecule has 0 bridgehead atoms. The Morgan fingerprint density at radius 2 is 2.09 bits per heavy atom. The van der Waals surface area contributed by atoms with Gasteiger partial charge in [0.2, 0.25) is 0 Å². The summed E-state index contributed by atoms with van der Waals surface area (Å²) in [5, 5.41) is 14.3. The lowest BCUT2D eigenvalue weighted by Gasteiger charge is -2.15. The van der Waals surface area contributed by atoms with E-state index in [0.717, 1.165) is 17.1 Å². The van der Waals surface area contributed by atoms with Gasteiger partial charge in [-0.15, -0.1) is 0 Å². The van der Waals surface area contributed by atoms with Crippen molar-refractivity contribution in [1.82, 2.24) is 20.2 Å². The van der Waals surface area contributed by atoms with Crippen molar-refractivity contribution in [3.05, 3.63) is 48.0 Å². The zero-order valence-electron chi connectivity index (χ0n) is 12.9. The van der Waals surface area contributed by atoms with Crippen LogP contribution in [0, 0.1) is 6.92 Å². The van der Waals surface area contributed by atoms with Crippen LogP contribution >= 0.6 is 0 Å². The van der Waals surface area contributed by atoms with E-state index >= 15 is 0 Å². The Labute approximate surface area is 130 Å². The second kappa shape index (κ2) is 7.61. The Morgan fingerprint density at radius 1 is 1.36 bits per heavy atom. The third kappa shape index (κ3) is 4.08. The molecule has 0 aliphatic heterocycles. The molecule has 0 saturated heterocycles. The Balaban J connectivity index is 1.95. The molecule has 0 radical (unpaired) electrons. The van der Waals surface area contributed by atoms with Crippen LogP contribution in [0.25, 0.3) is 5.69 Å². The van der Waals surface area contributed by atoms with Crippen molar-refractivity contribution in [2.75, 3.05) is 13.2 Å². The summed E-state index contributed by atoms with van der Waals surface area (Å²) in [6.45, 7) is 4.43. The standard InChI is InChI=1S/C16H22N4O2/c1-12(19-16(22)18-8-3-11-21)14-4-6-15(7-5-14)20-10-9-17-13(20)2/h4-7,9-10,12,21H,3,8,11H2,1-2H3,(H2,18,19,22). The highest BCUT2D eigenvalue weighted by atomic mass is 16.3. The lowest BCUT2D eigenvalue weighted by atomic mass is 10.1. The number of benzene rings is 1. The van der Waals surface area contributed by atoms with Gasteiger partial charge in [-0.25, -0.2) is 9.78 Å². The fraction of sp³-hybridized carbons (Fsp3) is 0.375. The number of urea groups is 1. The van der Waals surface area contributed by atoms with Gasteiger partial charge in [0, 0.05) is 31.2 Å². The van der Waals surface area contributed by atoms with E-state index in [1.54, 1.807) is 6.20 Å². The monoisotopic (exact) mass is 302 g/mol. The van der Waals surface area contributed by atoms with Crippen molar-refractivity contribution >= 4 is 6.03 Å². The summed E-state index contributed by atoms with van der Waals surface area (Å²) in [5.74, 6) is 0.933. The minimum absolute atomic E-state index is 0.0744. The van der Waals surface area contributed by atoms with E-state index in [4.69, 9.17) is 5.11 Å². The number of carbonyl (C=O) groups excluding carboxylic acids is 1. The summed E-state index contributed by atoms with van der Waals surface area (Å²) in [6, 6.07) is 7.68. The van der Waals surface area contributed by atoms with Crippen LogP contribution in [0.2, 0.25) is 0 Å². The quantitative estimate of drug-likeness (QED) is 0.713. The first kappa shape index (κ1) is 16.0. The number of imidazole rings is 1. The Morgan fingerprint density at radius 3 is 2.68 bits per heavy atom. The van der Waals surface area contributed by atoms with Crippen LogP contribution in [-0.2, 0) is 0 Å². The number of carbonyl (C=O) groups is 1. The predicted molar refractivity (Wildman–Crippen MR) is 85.0 cm³/mol. The van der Waals surface area contributed by atoms with Gasteiger partial charge in [0.1, 0.15) is 5.82 Å². The maximum atomic E-state index is 11.7. The number of aliphatic hydroxyl groups excluding tert-OH is 1.